The molecule has 0 aromatic heterocycles. The summed E-state index contributed by atoms with van der Waals surface area (Å²) in [5.74, 6) is 0. The molecule has 0 spiro atoms. The maximum Gasteiger partial charge on any atom is 0.109 e. The number of hydrogen-bond donors (Lipinski definition) is 2. The largest absolute Gasteiger partial charge is 0.385 e. The summed E-state index contributed by atoms with van der Waals surface area (Å²) in [4.78, 5) is 0. The van der Waals surface area contributed by atoms with Crippen LogP contribution in [0.1, 0.15) is 34.5 Å². The van der Waals surface area contributed by atoms with E-state index < -0.39 is 12.2 Å². The summed E-state index contributed by atoms with van der Waals surface area (Å²) in [5.41, 5.74) is 3.65. The summed E-state index contributed by atoms with van der Waals surface area (Å²) in [6.45, 7) is 3.97. The summed E-state index contributed by atoms with van der Waals surface area (Å²) in [6, 6.07) is 15.1. The predicted octanol–water partition coefficient (Wildman–Crippen LogP) is 3.07. The Morgan fingerprint density at radius 3 is 1.78 bits per heavy atom. The molecule has 0 saturated heterocycles. The van der Waals surface area contributed by atoms with Gasteiger partial charge < -0.3 is 10.2 Å². The van der Waals surface area contributed by atoms with Crippen molar-refractivity contribution in [3.05, 3.63) is 70.8 Å². The Morgan fingerprint density at radius 2 is 1.22 bits per heavy atom. The Kier molecular flexibility index (Phi) is 3.80. The van der Waals surface area contributed by atoms with Gasteiger partial charge in [-0.05, 0) is 25.0 Å². The molecule has 18 heavy (non-hydrogen) atoms. The van der Waals surface area contributed by atoms with E-state index in [1.54, 1.807) is 0 Å². The monoisotopic (exact) mass is 242 g/mol. The Balaban J connectivity index is 2.28. The maximum absolute atomic E-state index is 10.2. The highest BCUT2D eigenvalue weighted by Crippen LogP contribution is 2.29. The van der Waals surface area contributed by atoms with Crippen LogP contribution in [0.2, 0.25) is 0 Å². The molecule has 2 rings (SSSR count). The van der Waals surface area contributed by atoms with E-state index in [2.05, 4.69) is 0 Å². The molecule has 0 aliphatic carbocycles. The molecule has 2 aromatic carbocycles. The lowest BCUT2D eigenvalue weighted by Gasteiger charge is -2.19. The molecule has 2 nitrogen and oxygen atoms in total. The third kappa shape index (κ3) is 2.78. The van der Waals surface area contributed by atoms with Crippen LogP contribution in [0.5, 0.6) is 0 Å². The molecular weight excluding hydrogens is 224 g/mol. The molecule has 0 fully saturated rings. The fraction of sp³-hybridized carbons (Fsp3) is 0.250. The first-order valence-corrected chi connectivity index (χ1v) is 6.07. The maximum atomic E-state index is 10.2. The van der Waals surface area contributed by atoms with Gasteiger partial charge in [0.25, 0.3) is 0 Å². The number of aliphatic hydroxyl groups excluding tert-OH is 2. The second-order valence-electron chi connectivity index (χ2n) is 4.72. The quantitative estimate of drug-likeness (QED) is 0.868. The first-order chi connectivity index (χ1) is 8.58. The molecular formula is C16H18O2. The Bertz CT molecular complexity index is 500. The van der Waals surface area contributed by atoms with Crippen molar-refractivity contribution in [3.8, 4) is 0 Å². The molecule has 0 radical (unpaired) electrons. The standard InChI is InChI=1S/C16H18O2/c1-11-8-12(2)10-14(9-11)16(18)15(17)13-6-4-3-5-7-13/h3-10,15-18H,1-2H3. The van der Waals surface area contributed by atoms with Gasteiger partial charge in [0.1, 0.15) is 12.2 Å². The minimum absolute atomic E-state index is 0.726. The smallest absolute Gasteiger partial charge is 0.109 e. The zero-order valence-electron chi connectivity index (χ0n) is 10.7. The lowest BCUT2D eigenvalue weighted by Crippen LogP contribution is -2.10. The van der Waals surface area contributed by atoms with Crippen LogP contribution >= 0.6 is 0 Å². The van der Waals surface area contributed by atoms with Crippen LogP contribution < -0.4 is 0 Å². The van der Waals surface area contributed by atoms with Gasteiger partial charge in [-0.15, -0.1) is 0 Å². The highest BCUT2D eigenvalue weighted by Gasteiger charge is 2.20. The van der Waals surface area contributed by atoms with Crippen LogP contribution in [0.4, 0.5) is 0 Å². The van der Waals surface area contributed by atoms with Gasteiger partial charge in [-0.2, -0.15) is 0 Å². The number of hydrogen-bond acceptors (Lipinski definition) is 2. The second-order valence-corrected chi connectivity index (χ2v) is 4.72. The molecule has 2 atom stereocenters. The third-order valence-electron chi connectivity index (χ3n) is 3.03. The van der Waals surface area contributed by atoms with Crippen molar-refractivity contribution in [3.63, 3.8) is 0 Å². The van der Waals surface area contributed by atoms with E-state index in [4.69, 9.17) is 0 Å². The van der Waals surface area contributed by atoms with Crippen molar-refractivity contribution < 1.29 is 10.2 Å². The Labute approximate surface area is 108 Å². The van der Waals surface area contributed by atoms with E-state index in [0.29, 0.717) is 0 Å². The van der Waals surface area contributed by atoms with Crippen LogP contribution in [0.3, 0.4) is 0 Å². The number of rotatable bonds is 3. The van der Waals surface area contributed by atoms with Crippen LogP contribution in [0.25, 0.3) is 0 Å². The summed E-state index contributed by atoms with van der Waals surface area (Å²) in [7, 11) is 0. The molecule has 2 N–H and O–H groups in total. The average Bonchev–Trinajstić information content (AvgIpc) is 2.37. The van der Waals surface area contributed by atoms with Crippen molar-refractivity contribution in [2.45, 2.75) is 26.1 Å². The van der Waals surface area contributed by atoms with E-state index >= 15 is 0 Å². The first-order valence-electron chi connectivity index (χ1n) is 6.07. The van der Waals surface area contributed by atoms with E-state index in [1.807, 2.05) is 62.4 Å². The van der Waals surface area contributed by atoms with E-state index in [1.165, 1.54) is 0 Å². The minimum atomic E-state index is -0.897. The van der Waals surface area contributed by atoms with Crippen molar-refractivity contribution >= 4 is 0 Å². The van der Waals surface area contributed by atoms with E-state index in [9.17, 15) is 10.2 Å². The minimum Gasteiger partial charge on any atom is -0.385 e. The van der Waals surface area contributed by atoms with Gasteiger partial charge in [0, 0.05) is 0 Å². The van der Waals surface area contributed by atoms with Gasteiger partial charge in [0.05, 0.1) is 0 Å². The lowest BCUT2D eigenvalue weighted by atomic mass is 9.96. The molecule has 0 aliphatic heterocycles. The molecule has 0 aliphatic rings. The molecule has 0 heterocycles. The SMILES string of the molecule is Cc1cc(C)cc(C(O)C(O)c2ccccc2)c1. The van der Waals surface area contributed by atoms with Crippen LogP contribution in [-0.2, 0) is 0 Å². The molecule has 94 valence electrons. The van der Waals surface area contributed by atoms with Crippen molar-refractivity contribution in [1.29, 1.82) is 0 Å². The van der Waals surface area contributed by atoms with Gasteiger partial charge in [-0.3, -0.25) is 0 Å². The number of benzene rings is 2. The van der Waals surface area contributed by atoms with Crippen molar-refractivity contribution in [2.75, 3.05) is 0 Å². The lowest BCUT2D eigenvalue weighted by molar-refractivity contribution is 0.0172. The van der Waals surface area contributed by atoms with E-state index in [0.717, 1.165) is 22.3 Å². The van der Waals surface area contributed by atoms with E-state index in [-0.39, 0.29) is 0 Å². The van der Waals surface area contributed by atoms with Crippen LogP contribution in [0, 0.1) is 13.8 Å². The normalized spacial score (nSPS) is 14.2. The summed E-state index contributed by atoms with van der Waals surface area (Å²) in [5, 5.41) is 20.4. The molecule has 0 amide bonds. The molecule has 2 heteroatoms. The third-order valence-corrected chi connectivity index (χ3v) is 3.03. The predicted molar refractivity (Wildman–Crippen MR) is 72.3 cm³/mol. The highest BCUT2D eigenvalue weighted by molar-refractivity contribution is 5.32. The van der Waals surface area contributed by atoms with Gasteiger partial charge in [-0.25, -0.2) is 0 Å². The molecule has 2 unspecified atom stereocenters. The van der Waals surface area contributed by atoms with Crippen molar-refractivity contribution in [2.24, 2.45) is 0 Å². The molecule has 0 bridgehead atoms. The zero-order valence-corrected chi connectivity index (χ0v) is 10.7. The number of aryl methyl sites for hydroxylation is 2. The molecule has 2 aromatic rings. The van der Waals surface area contributed by atoms with Gasteiger partial charge in [0.15, 0.2) is 0 Å². The fourth-order valence-corrected chi connectivity index (χ4v) is 2.20. The topological polar surface area (TPSA) is 40.5 Å². The van der Waals surface area contributed by atoms with Gasteiger partial charge >= 0.3 is 0 Å². The molecule has 0 saturated carbocycles. The fourth-order valence-electron chi connectivity index (χ4n) is 2.20. The summed E-state index contributed by atoms with van der Waals surface area (Å²) in [6.07, 6.45) is -1.79. The second kappa shape index (κ2) is 5.34. The first kappa shape index (κ1) is 12.8. The zero-order chi connectivity index (χ0) is 13.1. The van der Waals surface area contributed by atoms with Gasteiger partial charge in [0.2, 0.25) is 0 Å². The van der Waals surface area contributed by atoms with Crippen LogP contribution in [0.15, 0.2) is 48.5 Å². The summed E-state index contributed by atoms with van der Waals surface area (Å²) >= 11 is 0. The Hall–Kier alpha value is -1.64. The summed E-state index contributed by atoms with van der Waals surface area (Å²) < 4.78 is 0. The van der Waals surface area contributed by atoms with Gasteiger partial charge in [-0.1, -0.05) is 59.7 Å². The number of aliphatic hydroxyl groups is 2. The van der Waals surface area contributed by atoms with Crippen LogP contribution in [-0.4, -0.2) is 10.2 Å². The van der Waals surface area contributed by atoms with Crippen molar-refractivity contribution in [1.82, 2.24) is 0 Å². The average molecular weight is 242 g/mol. The Morgan fingerprint density at radius 1 is 0.722 bits per heavy atom. The highest BCUT2D eigenvalue weighted by atomic mass is 16.3.